The number of carbonyl (C=O) groups excluding carboxylic acids is 5. The molecule has 0 radical (unpaired) electrons. The molecule has 38 heavy (non-hydrogen) atoms. The lowest BCUT2D eigenvalue weighted by Crippen LogP contribution is -2.66. The minimum atomic E-state index is -1.48. The van der Waals surface area contributed by atoms with Crippen LogP contribution in [0.2, 0.25) is 0 Å². The van der Waals surface area contributed by atoms with Crippen LogP contribution in [0.4, 0.5) is 0 Å². The molecule has 2 N–H and O–H groups in total. The van der Waals surface area contributed by atoms with E-state index in [-0.39, 0.29) is 37.0 Å². The Morgan fingerprint density at radius 2 is 1.87 bits per heavy atom. The van der Waals surface area contributed by atoms with Crippen LogP contribution in [0.3, 0.4) is 0 Å². The number of pyridine rings is 1. The smallest absolute Gasteiger partial charge is 0.310 e. The molecule has 0 aliphatic carbocycles. The second kappa shape index (κ2) is 10.5. The number of aliphatic hydroxyl groups excluding tert-OH is 1. The van der Waals surface area contributed by atoms with Crippen LogP contribution in [0, 0.1) is 5.92 Å². The number of Topliss-reactive ketones (excluding diaryl/α,β-unsaturated/α-hetero) is 1. The molecule has 3 amide bonds. The van der Waals surface area contributed by atoms with Gasteiger partial charge in [0.25, 0.3) is 0 Å². The lowest BCUT2D eigenvalue weighted by atomic mass is 9.85. The van der Waals surface area contributed by atoms with E-state index in [1.54, 1.807) is 6.20 Å². The maximum absolute atomic E-state index is 13.7. The highest BCUT2D eigenvalue weighted by Crippen LogP contribution is 2.31. The molecule has 3 fully saturated rings. The SMILES string of the molecule is CC(=O)N1CC2CCCC(C(=O)c3nccc4ccccc34)CC(=O)N2C(C(=O)NC2CC(=O)OC2O)C1. The molecule has 0 spiro atoms. The van der Waals surface area contributed by atoms with Crippen molar-refractivity contribution in [3.63, 3.8) is 0 Å². The summed E-state index contributed by atoms with van der Waals surface area (Å²) in [7, 11) is 0. The van der Waals surface area contributed by atoms with Gasteiger partial charge >= 0.3 is 5.97 Å². The van der Waals surface area contributed by atoms with Gasteiger partial charge in [0.15, 0.2) is 5.78 Å². The Kier molecular flexibility index (Phi) is 7.11. The number of fused-ring (bicyclic) bond motifs is 2. The summed E-state index contributed by atoms with van der Waals surface area (Å²) in [6.07, 6.45) is 1.46. The molecular formula is C27H30N4O7. The van der Waals surface area contributed by atoms with Crippen molar-refractivity contribution in [2.75, 3.05) is 13.1 Å². The van der Waals surface area contributed by atoms with Crippen LogP contribution in [0.15, 0.2) is 36.5 Å². The van der Waals surface area contributed by atoms with E-state index in [1.807, 2.05) is 30.3 Å². The van der Waals surface area contributed by atoms with Gasteiger partial charge in [-0.2, -0.15) is 0 Å². The minimum Gasteiger partial charge on any atom is -0.434 e. The molecule has 11 heteroatoms. The number of ether oxygens (including phenoxy) is 1. The second-order valence-corrected chi connectivity index (χ2v) is 10.2. The number of aromatic nitrogens is 1. The quantitative estimate of drug-likeness (QED) is 0.443. The van der Waals surface area contributed by atoms with E-state index in [4.69, 9.17) is 4.74 Å². The van der Waals surface area contributed by atoms with Crippen LogP contribution in [-0.2, 0) is 23.9 Å². The number of cyclic esters (lactones) is 1. The van der Waals surface area contributed by atoms with Crippen molar-refractivity contribution in [2.45, 2.75) is 63.4 Å². The number of amides is 3. The molecule has 3 saturated heterocycles. The number of ketones is 1. The summed E-state index contributed by atoms with van der Waals surface area (Å²) in [6, 6.07) is 6.92. The third kappa shape index (κ3) is 4.98. The molecule has 3 aliphatic rings. The van der Waals surface area contributed by atoms with Crippen LogP contribution < -0.4 is 5.32 Å². The highest BCUT2D eigenvalue weighted by molar-refractivity contribution is 6.08. The topological polar surface area (TPSA) is 146 Å². The van der Waals surface area contributed by atoms with Crippen LogP contribution in [0.5, 0.6) is 0 Å². The Morgan fingerprint density at radius 1 is 1.08 bits per heavy atom. The number of piperazine rings is 1. The summed E-state index contributed by atoms with van der Waals surface area (Å²) in [4.78, 5) is 71.8. The van der Waals surface area contributed by atoms with Gasteiger partial charge in [-0.3, -0.25) is 29.0 Å². The molecule has 3 aliphatic heterocycles. The largest absolute Gasteiger partial charge is 0.434 e. The van der Waals surface area contributed by atoms with Gasteiger partial charge in [-0.1, -0.05) is 30.7 Å². The van der Waals surface area contributed by atoms with Gasteiger partial charge in [0.2, 0.25) is 24.0 Å². The fourth-order valence-corrected chi connectivity index (χ4v) is 5.74. The predicted molar refractivity (Wildman–Crippen MR) is 133 cm³/mol. The number of nitrogens with zero attached hydrogens (tertiary/aromatic N) is 3. The maximum Gasteiger partial charge on any atom is 0.310 e. The standard InChI is InChI=1S/C27H30N4O7/c1-15(32)30-13-18-7-4-6-17(25(35)24-19-8-3-2-5-16(19)9-10-28-24)11-22(33)31(18)21(14-30)26(36)29-20-12-23(34)38-27(20)37/h2-3,5,8-10,17-18,20-21,27,37H,4,6-7,11-14H2,1H3,(H,29,36). The van der Waals surface area contributed by atoms with Crippen LogP contribution in [0.1, 0.15) is 49.5 Å². The summed E-state index contributed by atoms with van der Waals surface area (Å²) in [6.45, 7) is 1.68. The third-order valence-corrected chi connectivity index (χ3v) is 7.69. The molecule has 0 bridgehead atoms. The van der Waals surface area contributed by atoms with E-state index < -0.39 is 42.2 Å². The lowest BCUT2D eigenvalue weighted by Gasteiger charge is -2.47. The summed E-state index contributed by atoms with van der Waals surface area (Å²) < 4.78 is 4.71. The van der Waals surface area contributed by atoms with E-state index in [9.17, 15) is 29.1 Å². The van der Waals surface area contributed by atoms with Crippen LogP contribution in [0.25, 0.3) is 10.8 Å². The van der Waals surface area contributed by atoms with E-state index >= 15 is 0 Å². The van der Waals surface area contributed by atoms with Crippen molar-refractivity contribution in [3.05, 3.63) is 42.2 Å². The molecule has 0 saturated carbocycles. The van der Waals surface area contributed by atoms with Gasteiger partial charge in [0, 0.05) is 37.4 Å². The highest BCUT2D eigenvalue weighted by atomic mass is 16.6. The molecule has 5 rings (SSSR count). The van der Waals surface area contributed by atoms with Gasteiger partial charge < -0.3 is 25.0 Å². The van der Waals surface area contributed by atoms with Crippen molar-refractivity contribution in [3.8, 4) is 0 Å². The Hall–Kier alpha value is -3.86. The maximum atomic E-state index is 13.7. The number of rotatable bonds is 4. The van der Waals surface area contributed by atoms with Crippen molar-refractivity contribution in [1.82, 2.24) is 20.1 Å². The fourth-order valence-electron chi connectivity index (χ4n) is 5.74. The molecule has 2 aromatic rings. The van der Waals surface area contributed by atoms with E-state index in [0.717, 1.165) is 10.8 Å². The minimum absolute atomic E-state index is 0.0233. The molecule has 1 aromatic carbocycles. The number of carbonyl (C=O) groups is 5. The molecule has 200 valence electrons. The zero-order valence-electron chi connectivity index (χ0n) is 21.0. The second-order valence-electron chi connectivity index (χ2n) is 10.2. The average Bonchev–Trinajstić information content (AvgIpc) is 3.21. The Labute approximate surface area is 219 Å². The molecular weight excluding hydrogens is 492 g/mol. The Balaban J connectivity index is 1.39. The number of nitrogens with one attached hydrogen (secondary N) is 1. The monoisotopic (exact) mass is 522 g/mol. The first kappa shape index (κ1) is 25.8. The number of esters is 1. The Bertz CT molecular complexity index is 1290. The molecule has 5 unspecified atom stereocenters. The summed E-state index contributed by atoms with van der Waals surface area (Å²) >= 11 is 0. The summed E-state index contributed by atoms with van der Waals surface area (Å²) in [5.74, 6) is -2.60. The molecule has 11 nitrogen and oxygen atoms in total. The summed E-state index contributed by atoms with van der Waals surface area (Å²) in [5.41, 5.74) is 0.327. The molecule has 4 heterocycles. The van der Waals surface area contributed by atoms with Crippen molar-refractivity contribution < 1.29 is 33.8 Å². The number of benzene rings is 1. The van der Waals surface area contributed by atoms with Crippen LogP contribution in [-0.4, -0.2) is 86.9 Å². The number of hydrogen-bond donors (Lipinski definition) is 2. The lowest BCUT2D eigenvalue weighted by molar-refractivity contribution is -0.157. The third-order valence-electron chi connectivity index (χ3n) is 7.69. The zero-order chi connectivity index (χ0) is 27.0. The van der Waals surface area contributed by atoms with Crippen molar-refractivity contribution in [2.24, 2.45) is 5.92 Å². The Morgan fingerprint density at radius 3 is 2.61 bits per heavy atom. The average molecular weight is 523 g/mol. The van der Waals surface area contributed by atoms with E-state index in [0.29, 0.717) is 31.5 Å². The number of hydrogen-bond acceptors (Lipinski definition) is 8. The van der Waals surface area contributed by atoms with Crippen molar-refractivity contribution in [1.29, 1.82) is 0 Å². The molecule has 5 atom stereocenters. The van der Waals surface area contributed by atoms with E-state index in [1.165, 1.54) is 16.7 Å². The predicted octanol–water partition coefficient (Wildman–Crippen LogP) is 0.786. The van der Waals surface area contributed by atoms with Gasteiger partial charge in [0.05, 0.1) is 19.0 Å². The molecule has 1 aromatic heterocycles. The first-order valence-corrected chi connectivity index (χ1v) is 12.9. The van der Waals surface area contributed by atoms with Gasteiger partial charge in [-0.25, -0.2) is 0 Å². The normalized spacial score (nSPS) is 27.8. The van der Waals surface area contributed by atoms with Gasteiger partial charge in [-0.15, -0.1) is 0 Å². The fraction of sp³-hybridized carbons (Fsp3) is 0.481. The van der Waals surface area contributed by atoms with Crippen LogP contribution >= 0.6 is 0 Å². The first-order valence-electron chi connectivity index (χ1n) is 12.9. The van der Waals surface area contributed by atoms with Gasteiger partial charge in [-0.05, 0) is 24.3 Å². The highest BCUT2D eigenvalue weighted by Gasteiger charge is 2.45. The number of aliphatic hydroxyl groups is 1. The summed E-state index contributed by atoms with van der Waals surface area (Å²) in [5, 5.41) is 14.2. The van der Waals surface area contributed by atoms with E-state index in [2.05, 4.69) is 10.3 Å². The van der Waals surface area contributed by atoms with Crippen molar-refractivity contribution >= 4 is 40.2 Å². The zero-order valence-corrected chi connectivity index (χ0v) is 21.0. The first-order chi connectivity index (χ1) is 18.2. The van der Waals surface area contributed by atoms with Gasteiger partial charge in [0.1, 0.15) is 17.8 Å².